The minimum absolute atomic E-state index is 0.213. The third-order valence-corrected chi connectivity index (χ3v) is 3.98. The molecule has 0 saturated carbocycles. The Balaban J connectivity index is 1.68. The van der Waals surface area contributed by atoms with Crippen LogP contribution in [0.4, 0.5) is 18.9 Å². The normalized spacial score (nSPS) is 11.7. The summed E-state index contributed by atoms with van der Waals surface area (Å²) in [5.74, 6) is -0.650. The van der Waals surface area contributed by atoms with Gasteiger partial charge >= 0.3 is 6.18 Å². The first-order valence-electron chi connectivity index (χ1n) is 7.87. The molecule has 0 saturated heterocycles. The number of imidazole rings is 1. The van der Waals surface area contributed by atoms with Gasteiger partial charge in [-0.1, -0.05) is 0 Å². The first-order chi connectivity index (χ1) is 12.9. The van der Waals surface area contributed by atoms with Gasteiger partial charge in [0.25, 0.3) is 5.91 Å². The number of rotatable bonds is 3. The molecule has 6 nitrogen and oxygen atoms in total. The number of carbonyl (C=O) groups excluding carboxylic acids is 1. The van der Waals surface area contributed by atoms with E-state index in [1.807, 2.05) is 0 Å². The van der Waals surface area contributed by atoms with Crippen LogP contribution >= 0.6 is 0 Å². The smallest absolute Gasteiger partial charge is 0.321 e. The van der Waals surface area contributed by atoms with Crippen molar-refractivity contribution in [2.45, 2.75) is 6.18 Å². The highest BCUT2D eigenvalue weighted by Gasteiger charge is 2.34. The first-order valence-corrected chi connectivity index (χ1v) is 7.87. The van der Waals surface area contributed by atoms with Gasteiger partial charge in [0.05, 0.1) is 22.5 Å². The summed E-state index contributed by atoms with van der Waals surface area (Å²) in [5, 5.41) is 6.27. The van der Waals surface area contributed by atoms with E-state index in [1.165, 1.54) is 41.5 Å². The fourth-order valence-corrected chi connectivity index (χ4v) is 2.69. The average molecular weight is 371 g/mol. The SMILES string of the molecule is O=C(Nc1ccc(-n2cccn2)cc1C(F)(F)F)c1ccc2nccn2c1. The largest absolute Gasteiger partial charge is 0.418 e. The molecule has 3 aromatic heterocycles. The molecule has 0 bridgehead atoms. The third-order valence-electron chi connectivity index (χ3n) is 3.98. The molecule has 1 amide bonds. The number of carbonyl (C=O) groups is 1. The van der Waals surface area contributed by atoms with E-state index >= 15 is 0 Å². The van der Waals surface area contributed by atoms with Crippen LogP contribution in [0, 0.1) is 0 Å². The number of benzene rings is 1. The highest BCUT2D eigenvalue weighted by atomic mass is 19.4. The number of aromatic nitrogens is 4. The van der Waals surface area contributed by atoms with Crippen molar-refractivity contribution < 1.29 is 18.0 Å². The molecule has 27 heavy (non-hydrogen) atoms. The lowest BCUT2D eigenvalue weighted by atomic mass is 10.1. The summed E-state index contributed by atoms with van der Waals surface area (Å²) in [4.78, 5) is 16.5. The number of halogens is 3. The van der Waals surface area contributed by atoms with Gasteiger partial charge in [0.1, 0.15) is 5.65 Å². The van der Waals surface area contributed by atoms with Crippen LogP contribution in [-0.2, 0) is 6.18 Å². The van der Waals surface area contributed by atoms with E-state index in [2.05, 4.69) is 15.4 Å². The van der Waals surface area contributed by atoms with Gasteiger partial charge in [0.2, 0.25) is 0 Å². The van der Waals surface area contributed by atoms with Crippen LogP contribution in [0.3, 0.4) is 0 Å². The number of nitrogens with one attached hydrogen (secondary N) is 1. The first kappa shape index (κ1) is 16.8. The lowest BCUT2D eigenvalue weighted by molar-refractivity contribution is -0.136. The molecule has 0 atom stereocenters. The van der Waals surface area contributed by atoms with Gasteiger partial charge in [-0.2, -0.15) is 18.3 Å². The van der Waals surface area contributed by atoms with Gasteiger partial charge in [-0.15, -0.1) is 0 Å². The second-order valence-electron chi connectivity index (χ2n) is 5.74. The van der Waals surface area contributed by atoms with Gasteiger partial charge in [-0.25, -0.2) is 9.67 Å². The second-order valence-corrected chi connectivity index (χ2v) is 5.74. The van der Waals surface area contributed by atoms with Crippen LogP contribution in [-0.4, -0.2) is 25.1 Å². The summed E-state index contributed by atoms with van der Waals surface area (Å²) in [6, 6.07) is 8.34. The van der Waals surface area contributed by atoms with Crippen LogP contribution < -0.4 is 5.32 Å². The zero-order valence-corrected chi connectivity index (χ0v) is 13.7. The maximum absolute atomic E-state index is 13.5. The van der Waals surface area contributed by atoms with Crippen LogP contribution in [0.1, 0.15) is 15.9 Å². The van der Waals surface area contributed by atoms with Gasteiger partial charge < -0.3 is 9.72 Å². The van der Waals surface area contributed by atoms with Crippen molar-refractivity contribution in [3.8, 4) is 5.69 Å². The third kappa shape index (κ3) is 3.26. The zero-order chi connectivity index (χ0) is 19.0. The van der Waals surface area contributed by atoms with E-state index < -0.39 is 17.6 Å². The molecule has 0 aliphatic heterocycles. The molecule has 1 N–H and O–H groups in total. The number of alkyl halides is 3. The molecule has 0 radical (unpaired) electrons. The molecule has 3 heterocycles. The van der Waals surface area contributed by atoms with E-state index in [9.17, 15) is 18.0 Å². The van der Waals surface area contributed by atoms with Gasteiger partial charge in [0.15, 0.2) is 0 Å². The number of anilines is 1. The molecule has 0 spiro atoms. The summed E-state index contributed by atoms with van der Waals surface area (Å²) in [7, 11) is 0. The molecule has 0 aliphatic carbocycles. The standard InChI is InChI=1S/C18H12F3N5O/c19-18(20,21)14-10-13(26-8-1-6-23-26)3-4-15(14)24-17(27)12-2-5-16-22-7-9-25(16)11-12/h1-11H,(H,24,27). The molecule has 1 aromatic carbocycles. The highest BCUT2D eigenvalue weighted by Crippen LogP contribution is 2.36. The number of hydrogen-bond acceptors (Lipinski definition) is 3. The van der Waals surface area contributed by atoms with Gasteiger partial charge in [-0.3, -0.25) is 4.79 Å². The minimum Gasteiger partial charge on any atom is -0.321 e. The van der Waals surface area contributed by atoms with Crippen LogP contribution in [0.15, 0.2) is 67.4 Å². The Morgan fingerprint density at radius 3 is 2.67 bits per heavy atom. The molecule has 136 valence electrons. The minimum atomic E-state index is -4.64. The van der Waals surface area contributed by atoms with Crippen molar-refractivity contribution in [2.24, 2.45) is 0 Å². The predicted molar refractivity (Wildman–Crippen MR) is 91.7 cm³/mol. The van der Waals surface area contributed by atoms with E-state index in [1.54, 1.807) is 28.9 Å². The Morgan fingerprint density at radius 2 is 1.93 bits per heavy atom. The topological polar surface area (TPSA) is 64.2 Å². The predicted octanol–water partition coefficient (Wildman–Crippen LogP) is 3.79. The summed E-state index contributed by atoms with van der Waals surface area (Å²) < 4.78 is 43.4. The summed E-state index contributed by atoms with van der Waals surface area (Å²) >= 11 is 0. The number of fused-ring (bicyclic) bond motifs is 1. The van der Waals surface area contributed by atoms with Crippen molar-refractivity contribution in [3.05, 3.63) is 78.5 Å². The Labute approximate surface area is 150 Å². The monoisotopic (exact) mass is 371 g/mol. The van der Waals surface area contributed by atoms with Crippen molar-refractivity contribution >= 4 is 17.2 Å². The lowest BCUT2D eigenvalue weighted by Gasteiger charge is -2.15. The maximum atomic E-state index is 13.5. The fourth-order valence-electron chi connectivity index (χ4n) is 2.69. The highest BCUT2D eigenvalue weighted by molar-refractivity contribution is 6.04. The van der Waals surface area contributed by atoms with E-state index in [0.717, 1.165) is 6.07 Å². The molecular weight excluding hydrogens is 359 g/mol. The van der Waals surface area contributed by atoms with E-state index in [-0.39, 0.29) is 16.9 Å². The number of nitrogens with zero attached hydrogens (tertiary/aromatic N) is 4. The van der Waals surface area contributed by atoms with Crippen LogP contribution in [0.2, 0.25) is 0 Å². The molecule has 0 aliphatic rings. The van der Waals surface area contributed by atoms with Crippen molar-refractivity contribution in [2.75, 3.05) is 5.32 Å². The Bertz CT molecular complexity index is 1120. The Kier molecular flexibility index (Phi) is 3.91. The van der Waals surface area contributed by atoms with Crippen LogP contribution in [0.5, 0.6) is 0 Å². The van der Waals surface area contributed by atoms with E-state index in [4.69, 9.17) is 0 Å². The zero-order valence-electron chi connectivity index (χ0n) is 13.7. The average Bonchev–Trinajstić information content (AvgIpc) is 3.32. The summed E-state index contributed by atoms with van der Waals surface area (Å²) in [5.41, 5.74) is -0.192. The maximum Gasteiger partial charge on any atom is 0.418 e. The fraction of sp³-hybridized carbons (Fsp3) is 0.0556. The molecule has 0 fully saturated rings. The van der Waals surface area contributed by atoms with Gasteiger partial charge in [-0.05, 0) is 36.4 Å². The lowest BCUT2D eigenvalue weighted by Crippen LogP contribution is -2.17. The molecule has 4 rings (SSSR count). The Morgan fingerprint density at radius 1 is 1.07 bits per heavy atom. The molecule has 0 unspecified atom stereocenters. The quantitative estimate of drug-likeness (QED) is 0.596. The van der Waals surface area contributed by atoms with Crippen molar-refractivity contribution in [3.63, 3.8) is 0 Å². The molecule has 4 aromatic rings. The summed E-state index contributed by atoms with van der Waals surface area (Å²) in [6.45, 7) is 0. The molecule has 9 heteroatoms. The number of hydrogen-bond donors (Lipinski definition) is 1. The number of pyridine rings is 1. The molecular formula is C18H12F3N5O. The van der Waals surface area contributed by atoms with Crippen LogP contribution in [0.25, 0.3) is 11.3 Å². The Hall–Kier alpha value is -3.62. The number of amides is 1. The van der Waals surface area contributed by atoms with E-state index in [0.29, 0.717) is 5.65 Å². The van der Waals surface area contributed by atoms with Crippen molar-refractivity contribution in [1.29, 1.82) is 0 Å². The van der Waals surface area contributed by atoms with Gasteiger partial charge in [0, 0.05) is 31.0 Å². The van der Waals surface area contributed by atoms with Crippen molar-refractivity contribution in [1.82, 2.24) is 19.2 Å². The second kappa shape index (κ2) is 6.27. The summed E-state index contributed by atoms with van der Waals surface area (Å²) in [6.07, 6.45) is 3.07.